The van der Waals surface area contributed by atoms with Crippen LogP contribution in [0.25, 0.3) is 0 Å². The predicted molar refractivity (Wildman–Crippen MR) is 61.7 cm³/mol. The topological polar surface area (TPSA) is 81.2 Å². The maximum absolute atomic E-state index is 10.7. The first-order chi connectivity index (χ1) is 8.16. The number of hydrogen-bond donors (Lipinski definition) is 1. The largest absolute Gasteiger partial charge is 0.465 e. The van der Waals surface area contributed by atoms with Crippen LogP contribution in [0.3, 0.4) is 0 Å². The third-order valence-corrected chi connectivity index (χ3v) is 2.25. The summed E-state index contributed by atoms with van der Waals surface area (Å²) < 4.78 is 5.36. The summed E-state index contributed by atoms with van der Waals surface area (Å²) in [6.07, 6.45) is 2.72. The Balaban J connectivity index is 2.11. The van der Waals surface area contributed by atoms with Crippen molar-refractivity contribution >= 4 is 11.4 Å². The predicted octanol–water partition coefficient (Wildman–Crippen LogP) is 2.50. The third kappa shape index (κ3) is 2.60. The summed E-state index contributed by atoms with van der Waals surface area (Å²) in [5, 5.41) is 13.7. The first-order valence-corrected chi connectivity index (χ1v) is 5.04. The minimum Gasteiger partial charge on any atom is -0.465 e. The summed E-state index contributed by atoms with van der Waals surface area (Å²) in [6.45, 7) is 2.25. The van der Waals surface area contributed by atoms with Gasteiger partial charge in [-0.3, -0.25) is 15.1 Å². The van der Waals surface area contributed by atoms with Gasteiger partial charge in [0.05, 0.1) is 11.5 Å². The van der Waals surface area contributed by atoms with Gasteiger partial charge in [0, 0.05) is 6.20 Å². The molecule has 17 heavy (non-hydrogen) atoms. The Hall–Kier alpha value is -2.37. The van der Waals surface area contributed by atoms with E-state index in [1.807, 2.05) is 19.1 Å². The molecule has 2 heterocycles. The van der Waals surface area contributed by atoms with Gasteiger partial charge in [0.25, 0.3) is 0 Å². The van der Waals surface area contributed by atoms with E-state index in [4.69, 9.17) is 4.42 Å². The highest BCUT2D eigenvalue weighted by atomic mass is 16.6. The average Bonchev–Trinajstić information content (AvgIpc) is 2.73. The first kappa shape index (κ1) is 11.1. The van der Waals surface area contributed by atoms with Crippen LogP contribution in [0.5, 0.6) is 0 Å². The van der Waals surface area contributed by atoms with Gasteiger partial charge in [-0.25, -0.2) is 0 Å². The molecular formula is C11H11N3O3. The van der Waals surface area contributed by atoms with Crippen molar-refractivity contribution in [2.45, 2.75) is 13.5 Å². The van der Waals surface area contributed by atoms with E-state index in [9.17, 15) is 10.1 Å². The lowest BCUT2D eigenvalue weighted by Gasteiger charge is -2.04. The van der Waals surface area contributed by atoms with E-state index >= 15 is 0 Å². The fourth-order valence-corrected chi connectivity index (χ4v) is 1.44. The zero-order valence-corrected chi connectivity index (χ0v) is 9.21. The van der Waals surface area contributed by atoms with Crippen LogP contribution in [0.2, 0.25) is 0 Å². The lowest BCUT2D eigenvalue weighted by atomic mass is 10.3. The van der Waals surface area contributed by atoms with E-state index in [0.717, 1.165) is 11.5 Å². The third-order valence-electron chi connectivity index (χ3n) is 2.25. The molecule has 2 aromatic rings. The fraction of sp³-hybridized carbons (Fsp3) is 0.182. The minimum absolute atomic E-state index is 0.0456. The van der Waals surface area contributed by atoms with Gasteiger partial charge in [0.1, 0.15) is 23.4 Å². The molecule has 0 atom stereocenters. The van der Waals surface area contributed by atoms with Crippen molar-refractivity contribution in [2.75, 3.05) is 5.32 Å². The Morgan fingerprint density at radius 1 is 1.47 bits per heavy atom. The molecular weight excluding hydrogens is 222 g/mol. The molecule has 1 N–H and O–H groups in total. The van der Waals surface area contributed by atoms with Crippen molar-refractivity contribution in [3.8, 4) is 0 Å². The number of rotatable bonds is 4. The molecule has 0 saturated carbocycles. The highest BCUT2D eigenvalue weighted by Gasteiger charge is 2.12. The molecule has 0 amide bonds. The number of nitrogens with one attached hydrogen (secondary N) is 1. The van der Waals surface area contributed by atoms with Gasteiger partial charge < -0.3 is 9.73 Å². The second-order valence-electron chi connectivity index (χ2n) is 3.52. The van der Waals surface area contributed by atoms with Crippen LogP contribution in [-0.4, -0.2) is 9.91 Å². The van der Waals surface area contributed by atoms with Gasteiger partial charge >= 0.3 is 5.69 Å². The second kappa shape index (κ2) is 4.65. The highest BCUT2D eigenvalue weighted by molar-refractivity contribution is 5.59. The molecule has 6 nitrogen and oxygen atoms in total. The number of aromatic nitrogens is 1. The van der Waals surface area contributed by atoms with Crippen molar-refractivity contribution < 1.29 is 9.34 Å². The van der Waals surface area contributed by atoms with Gasteiger partial charge in [-0.1, -0.05) is 0 Å². The van der Waals surface area contributed by atoms with E-state index in [-0.39, 0.29) is 5.69 Å². The van der Waals surface area contributed by atoms with Crippen LogP contribution in [0.15, 0.2) is 35.0 Å². The molecule has 0 bridgehead atoms. The standard InChI is InChI=1S/C11H11N3O3/c1-8-2-3-9(17-8)6-13-10-4-5-12-7-11(10)14(15)16/h2-5,7H,6H2,1H3,(H,12,13). The molecule has 0 aliphatic carbocycles. The smallest absolute Gasteiger partial charge is 0.310 e. The van der Waals surface area contributed by atoms with E-state index in [1.165, 1.54) is 12.4 Å². The monoisotopic (exact) mass is 233 g/mol. The van der Waals surface area contributed by atoms with Crippen molar-refractivity contribution in [2.24, 2.45) is 0 Å². The molecule has 0 aromatic carbocycles. The second-order valence-corrected chi connectivity index (χ2v) is 3.52. The molecule has 0 aliphatic rings. The summed E-state index contributed by atoms with van der Waals surface area (Å²) in [5.41, 5.74) is 0.384. The van der Waals surface area contributed by atoms with Gasteiger partial charge in [0.2, 0.25) is 0 Å². The fourth-order valence-electron chi connectivity index (χ4n) is 1.44. The number of nitrogens with zero attached hydrogens (tertiary/aromatic N) is 2. The Kier molecular flexibility index (Phi) is 3.04. The molecule has 2 aromatic heterocycles. The van der Waals surface area contributed by atoms with E-state index in [2.05, 4.69) is 10.3 Å². The average molecular weight is 233 g/mol. The highest BCUT2D eigenvalue weighted by Crippen LogP contribution is 2.22. The van der Waals surface area contributed by atoms with Crippen LogP contribution >= 0.6 is 0 Å². The molecule has 0 aliphatic heterocycles. The Morgan fingerprint density at radius 3 is 2.94 bits per heavy atom. The summed E-state index contributed by atoms with van der Waals surface area (Å²) >= 11 is 0. The first-order valence-electron chi connectivity index (χ1n) is 5.04. The van der Waals surface area contributed by atoms with Gasteiger partial charge in [-0.2, -0.15) is 0 Å². The number of furan rings is 1. The summed E-state index contributed by atoms with van der Waals surface area (Å²) in [5.74, 6) is 1.54. The SMILES string of the molecule is Cc1ccc(CNc2ccncc2[N+](=O)[O-])o1. The van der Waals surface area contributed by atoms with Crippen molar-refractivity contribution in [1.82, 2.24) is 4.98 Å². The van der Waals surface area contributed by atoms with Crippen molar-refractivity contribution in [3.63, 3.8) is 0 Å². The summed E-state index contributed by atoms with van der Waals surface area (Å²) in [4.78, 5) is 14.0. The summed E-state index contributed by atoms with van der Waals surface area (Å²) in [6, 6.07) is 5.24. The Bertz CT molecular complexity index is 536. The lowest BCUT2D eigenvalue weighted by Crippen LogP contribution is -2.02. The molecule has 0 saturated heterocycles. The molecule has 6 heteroatoms. The lowest BCUT2D eigenvalue weighted by molar-refractivity contribution is -0.384. The van der Waals surface area contributed by atoms with Gasteiger partial charge in [-0.05, 0) is 25.1 Å². The number of pyridine rings is 1. The molecule has 0 unspecified atom stereocenters. The van der Waals surface area contributed by atoms with Gasteiger partial charge in [0.15, 0.2) is 0 Å². The van der Waals surface area contributed by atoms with Crippen LogP contribution in [0.4, 0.5) is 11.4 Å². The molecule has 0 fully saturated rings. The Morgan fingerprint density at radius 2 is 2.29 bits per heavy atom. The van der Waals surface area contributed by atoms with E-state index in [0.29, 0.717) is 12.2 Å². The maximum atomic E-state index is 10.7. The van der Waals surface area contributed by atoms with Crippen LogP contribution in [0.1, 0.15) is 11.5 Å². The van der Waals surface area contributed by atoms with Crippen molar-refractivity contribution in [1.29, 1.82) is 0 Å². The van der Waals surface area contributed by atoms with Crippen LogP contribution in [0, 0.1) is 17.0 Å². The molecule has 88 valence electrons. The zero-order valence-electron chi connectivity index (χ0n) is 9.21. The normalized spacial score (nSPS) is 10.2. The number of nitro groups is 1. The summed E-state index contributed by atoms with van der Waals surface area (Å²) in [7, 11) is 0. The van der Waals surface area contributed by atoms with Crippen LogP contribution in [-0.2, 0) is 6.54 Å². The molecule has 2 rings (SSSR count). The molecule has 0 radical (unpaired) electrons. The zero-order chi connectivity index (χ0) is 12.3. The molecule has 0 spiro atoms. The Labute approximate surface area is 97.4 Å². The van der Waals surface area contributed by atoms with Crippen LogP contribution < -0.4 is 5.32 Å². The number of aryl methyl sites for hydroxylation is 1. The number of anilines is 1. The van der Waals surface area contributed by atoms with Crippen molar-refractivity contribution in [3.05, 3.63) is 52.2 Å². The van der Waals surface area contributed by atoms with E-state index < -0.39 is 4.92 Å². The maximum Gasteiger partial charge on any atom is 0.310 e. The minimum atomic E-state index is -0.470. The van der Waals surface area contributed by atoms with Gasteiger partial charge in [-0.15, -0.1) is 0 Å². The quantitative estimate of drug-likeness (QED) is 0.648. The van der Waals surface area contributed by atoms with E-state index in [1.54, 1.807) is 6.07 Å². The number of hydrogen-bond acceptors (Lipinski definition) is 5.